The van der Waals surface area contributed by atoms with Crippen LogP contribution >= 0.6 is 34.9 Å². The number of fused-ring (bicyclic) bond motifs is 1. The molecule has 0 saturated heterocycles. The molecule has 200 valence electrons. The molecule has 0 aliphatic carbocycles. The molecule has 0 unspecified atom stereocenters. The Hall–Kier alpha value is -4.04. The molecule has 2 aliphatic heterocycles. The smallest absolute Gasteiger partial charge is 0.272 e. The zero-order valence-corrected chi connectivity index (χ0v) is 24.5. The van der Waals surface area contributed by atoms with E-state index in [0.717, 1.165) is 42.5 Å². The fourth-order valence-corrected chi connectivity index (χ4v) is 8.93. The average molecular weight is 589 g/mol. The molecule has 7 heteroatoms. The van der Waals surface area contributed by atoms with Crippen molar-refractivity contribution in [1.82, 2.24) is 4.57 Å². The summed E-state index contributed by atoms with van der Waals surface area (Å²) in [4.78, 5) is 22.3. The first kappa shape index (κ1) is 25.9. The molecule has 4 nitrogen and oxygen atoms in total. The van der Waals surface area contributed by atoms with Gasteiger partial charge in [0.15, 0.2) is 4.80 Å². The molecule has 0 fully saturated rings. The van der Waals surface area contributed by atoms with Crippen molar-refractivity contribution in [3.8, 4) is 5.75 Å². The minimum absolute atomic E-state index is 0.0188. The van der Waals surface area contributed by atoms with E-state index in [4.69, 9.17) is 9.73 Å². The summed E-state index contributed by atoms with van der Waals surface area (Å²) < 4.78 is 8.94. The molecule has 0 bridgehead atoms. The average Bonchev–Trinajstić information content (AvgIpc) is 3.63. The van der Waals surface area contributed by atoms with E-state index in [1.807, 2.05) is 59.2 Å². The lowest BCUT2D eigenvalue weighted by Gasteiger charge is -2.20. The number of hydrogen-bond acceptors (Lipinski definition) is 6. The molecule has 0 spiro atoms. The van der Waals surface area contributed by atoms with Crippen LogP contribution in [0.3, 0.4) is 0 Å². The first-order valence-corrected chi connectivity index (χ1v) is 15.6. The Morgan fingerprint density at radius 3 is 1.78 bits per heavy atom. The van der Waals surface area contributed by atoms with Gasteiger partial charge in [-0.1, -0.05) is 138 Å². The summed E-state index contributed by atoms with van der Waals surface area (Å²) >= 11 is 4.83. The van der Waals surface area contributed by atoms with Crippen molar-refractivity contribution < 1.29 is 4.74 Å². The van der Waals surface area contributed by atoms with Crippen LogP contribution < -0.4 is 19.6 Å². The second-order valence-electron chi connectivity index (χ2n) is 9.52. The number of thiazole rings is 1. The van der Waals surface area contributed by atoms with Crippen LogP contribution in [0.25, 0.3) is 19.7 Å². The molecule has 7 rings (SSSR count). The van der Waals surface area contributed by atoms with Gasteiger partial charge in [-0.25, -0.2) is 4.99 Å². The van der Waals surface area contributed by atoms with Crippen LogP contribution in [0.5, 0.6) is 5.75 Å². The summed E-state index contributed by atoms with van der Waals surface area (Å²) in [7, 11) is 1.66. The van der Waals surface area contributed by atoms with Crippen molar-refractivity contribution in [2.24, 2.45) is 4.99 Å². The molecule has 41 heavy (non-hydrogen) atoms. The van der Waals surface area contributed by atoms with Crippen molar-refractivity contribution in [2.45, 2.75) is 6.04 Å². The van der Waals surface area contributed by atoms with Gasteiger partial charge in [-0.2, -0.15) is 0 Å². The van der Waals surface area contributed by atoms with Gasteiger partial charge in [0.2, 0.25) is 0 Å². The predicted molar refractivity (Wildman–Crippen MR) is 173 cm³/mol. The number of nitrogens with zero attached hydrogens (tertiary/aromatic N) is 2. The lowest BCUT2D eigenvalue weighted by atomic mass is 10.0. The molecule has 0 N–H and O–H groups in total. The Balaban J connectivity index is 1.40. The second kappa shape index (κ2) is 11.1. The second-order valence-corrected chi connectivity index (χ2v) is 12.8. The maximum absolute atomic E-state index is 14.2. The molecule has 0 amide bonds. The molecule has 1 atom stereocenters. The quantitative estimate of drug-likeness (QED) is 0.217. The van der Waals surface area contributed by atoms with Crippen molar-refractivity contribution in [1.29, 1.82) is 0 Å². The summed E-state index contributed by atoms with van der Waals surface area (Å²) in [6.45, 7) is 0. The van der Waals surface area contributed by atoms with Crippen LogP contribution in [0, 0.1) is 0 Å². The Morgan fingerprint density at radius 1 is 0.707 bits per heavy atom. The van der Waals surface area contributed by atoms with Crippen molar-refractivity contribution >= 4 is 54.6 Å². The van der Waals surface area contributed by atoms with Gasteiger partial charge >= 0.3 is 0 Å². The van der Waals surface area contributed by atoms with Crippen LogP contribution in [0.15, 0.2) is 131 Å². The van der Waals surface area contributed by atoms with Gasteiger partial charge in [-0.3, -0.25) is 9.36 Å². The van der Waals surface area contributed by atoms with Crippen LogP contribution in [-0.2, 0) is 0 Å². The van der Waals surface area contributed by atoms with E-state index in [1.165, 1.54) is 21.1 Å². The molecule has 4 aromatic carbocycles. The third-order valence-corrected chi connectivity index (χ3v) is 11.0. The summed E-state index contributed by atoms with van der Waals surface area (Å²) in [5.74, 6) is 0.780. The highest BCUT2D eigenvalue weighted by molar-refractivity contribution is 8.41. The third-order valence-electron chi connectivity index (χ3n) is 7.00. The Bertz CT molecular complexity index is 1920. The van der Waals surface area contributed by atoms with Crippen LogP contribution in [0.4, 0.5) is 0 Å². The van der Waals surface area contributed by atoms with E-state index in [0.29, 0.717) is 4.80 Å². The third kappa shape index (κ3) is 4.90. The Labute approximate surface area is 250 Å². The van der Waals surface area contributed by atoms with E-state index in [9.17, 15) is 4.79 Å². The number of aromatic nitrogens is 1. The fourth-order valence-electron chi connectivity index (χ4n) is 4.96. The minimum Gasteiger partial charge on any atom is -0.497 e. The number of methoxy groups -OCH3 is 1. The number of allylic oxidation sites excluding steroid dienone is 1. The van der Waals surface area contributed by atoms with Crippen molar-refractivity contribution in [2.75, 3.05) is 7.11 Å². The molecule has 2 aliphatic rings. The van der Waals surface area contributed by atoms with E-state index >= 15 is 0 Å². The number of ether oxygens (including phenoxy) is 1. The number of hydrogen-bond donors (Lipinski definition) is 0. The van der Waals surface area contributed by atoms with E-state index in [2.05, 4.69) is 66.7 Å². The monoisotopic (exact) mass is 588 g/mol. The van der Waals surface area contributed by atoms with Gasteiger partial charge < -0.3 is 4.74 Å². The first-order chi connectivity index (χ1) is 20.2. The largest absolute Gasteiger partial charge is 0.497 e. The van der Waals surface area contributed by atoms with Gasteiger partial charge in [0.05, 0.1) is 23.1 Å². The van der Waals surface area contributed by atoms with Gasteiger partial charge in [-0.15, -0.1) is 0 Å². The molecule has 3 heterocycles. The van der Waals surface area contributed by atoms with Gasteiger partial charge in [0.25, 0.3) is 5.56 Å². The maximum atomic E-state index is 14.2. The van der Waals surface area contributed by atoms with Gasteiger partial charge in [0, 0.05) is 9.81 Å². The highest BCUT2D eigenvalue weighted by Crippen LogP contribution is 2.57. The summed E-state index contributed by atoms with van der Waals surface area (Å²) in [6, 6.07) is 38.6. The van der Waals surface area contributed by atoms with E-state index in [1.54, 1.807) is 30.6 Å². The molecular formula is C34H24N2O2S3. The number of thioether (sulfide) groups is 2. The van der Waals surface area contributed by atoms with Crippen molar-refractivity contribution in [3.05, 3.63) is 163 Å². The summed E-state index contributed by atoms with van der Waals surface area (Å²) in [5, 5.41) is 0. The SMILES string of the molecule is COc1ccc([C@H]2C=C(c3ccccc3)N=c3sc(=C4SC(c5ccccc5)=C(c5ccccc5)S4)c(=O)n32)cc1. The zero-order valence-electron chi connectivity index (χ0n) is 22.1. The van der Waals surface area contributed by atoms with Crippen LogP contribution in [0.2, 0.25) is 0 Å². The Kier molecular flexibility index (Phi) is 7.00. The standard InChI is InChI=1S/C34H24N2O2S3/c1-38-26-19-17-23(18-20-26)28-21-27(22-11-5-2-6-12-22)35-34-36(28)32(37)31(41-34)33-39-29(24-13-7-3-8-14-24)30(40-33)25-15-9-4-10-16-25/h2-21,28H,1H3/t28-/m1/s1. The summed E-state index contributed by atoms with van der Waals surface area (Å²) in [5.41, 5.74) is 5.17. The highest BCUT2D eigenvalue weighted by Gasteiger charge is 2.28. The molecule has 5 aromatic rings. The highest BCUT2D eigenvalue weighted by atomic mass is 32.2. The fraction of sp³-hybridized carbons (Fsp3) is 0.0588. The zero-order chi connectivity index (χ0) is 27.8. The van der Waals surface area contributed by atoms with E-state index < -0.39 is 0 Å². The Morgan fingerprint density at radius 2 is 1.24 bits per heavy atom. The molecule has 0 saturated carbocycles. The van der Waals surface area contributed by atoms with Crippen LogP contribution in [-0.4, -0.2) is 11.7 Å². The number of rotatable bonds is 5. The molecular weight excluding hydrogens is 565 g/mol. The van der Waals surface area contributed by atoms with Crippen LogP contribution in [0.1, 0.15) is 28.3 Å². The van der Waals surface area contributed by atoms with E-state index in [-0.39, 0.29) is 11.6 Å². The summed E-state index contributed by atoms with van der Waals surface area (Å²) in [6.07, 6.45) is 2.09. The normalized spacial score (nSPS) is 16.3. The number of benzene rings is 4. The topological polar surface area (TPSA) is 43.6 Å². The minimum atomic E-state index is -0.284. The molecule has 1 aromatic heterocycles. The lowest BCUT2D eigenvalue weighted by molar-refractivity contribution is 0.414. The molecule has 0 radical (unpaired) electrons. The predicted octanol–water partition coefficient (Wildman–Crippen LogP) is 7.25. The van der Waals surface area contributed by atoms with Crippen molar-refractivity contribution in [3.63, 3.8) is 0 Å². The first-order valence-electron chi connectivity index (χ1n) is 13.2. The van der Waals surface area contributed by atoms with Gasteiger partial charge in [0.1, 0.15) is 10.3 Å². The van der Waals surface area contributed by atoms with Gasteiger partial charge in [-0.05, 0) is 40.5 Å². The maximum Gasteiger partial charge on any atom is 0.272 e. The lowest BCUT2D eigenvalue weighted by Crippen LogP contribution is -2.36.